The third kappa shape index (κ3) is 3.72. The fourth-order valence-electron chi connectivity index (χ4n) is 2.44. The summed E-state index contributed by atoms with van der Waals surface area (Å²) in [7, 11) is 0. The second-order valence-corrected chi connectivity index (χ2v) is 6.44. The van der Waals surface area contributed by atoms with E-state index in [1.165, 1.54) is 31.2 Å². The van der Waals surface area contributed by atoms with Gasteiger partial charge in [0.05, 0.1) is 11.1 Å². The van der Waals surface area contributed by atoms with E-state index in [0.29, 0.717) is 12.6 Å². The SMILES string of the molecule is CCOc1c(Br)cc(Br)cc1CNC1CCCC1. The molecule has 18 heavy (non-hydrogen) atoms. The van der Waals surface area contributed by atoms with E-state index in [1.807, 2.05) is 13.0 Å². The summed E-state index contributed by atoms with van der Waals surface area (Å²) >= 11 is 7.11. The fraction of sp³-hybridized carbons (Fsp3) is 0.571. The number of hydrogen-bond donors (Lipinski definition) is 1. The summed E-state index contributed by atoms with van der Waals surface area (Å²) in [6, 6.07) is 4.85. The molecule has 0 bridgehead atoms. The Morgan fingerprint density at radius 2 is 2.00 bits per heavy atom. The molecule has 1 N–H and O–H groups in total. The van der Waals surface area contributed by atoms with Crippen LogP contribution in [-0.4, -0.2) is 12.6 Å². The minimum absolute atomic E-state index is 0.678. The Balaban J connectivity index is 2.08. The molecule has 0 aromatic heterocycles. The van der Waals surface area contributed by atoms with Crippen LogP contribution in [0.5, 0.6) is 5.75 Å². The van der Waals surface area contributed by atoms with Gasteiger partial charge in [-0.1, -0.05) is 28.8 Å². The topological polar surface area (TPSA) is 21.3 Å². The second kappa shape index (κ2) is 6.92. The first kappa shape index (κ1) is 14.4. The Morgan fingerprint density at radius 1 is 1.28 bits per heavy atom. The van der Waals surface area contributed by atoms with E-state index in [9.17, 15) is 0 Å². The van der Waals surface area contributed by atoms with Gasteiger partial charge in [-0.05, 0) is 47.8 Å². The van der Waals surface area contributed by atoms with E-state index in [-0.39, 0.29) is 0 Å². The molecule has 0 amide bonds. The van der Waals surface area contributed by atoms with Crippen molar-refractivity contribution in [2.45, 2.75) is 45.2 Å². The van der Waals surface area contributed by atoms with Crippen molar-refractivity contribution < 1.29 is 4.74 Å². The first-order valence-corrected chi connectivity index (χ1v) is 8.13. The van der Waals surface area contributed by atoms with Crippen molar-refractivity contribution in [2.24, 2.45) is 0 Å². The van der Waals surface area contributed by atoms with Gasteiger partial charge in [-0.25, -0.2) is 0 Å². The molecule has 0 aliphatic heterocycles. The van der Waals surface area contributed by atoms with Crippen molar-refractivity contribution in [2.75, 3.05) is 6.61 Å². The van der Waals surface area contributed by atoms with Crippen LogP contribution in [0.25, 0.3) is 0 Å². The van der Waals surface area contributed by atoms with Crippen molar-refractivity contribution in [3.8, 4) is 5.75 Å². The Bertz CT molecular complexity index is 403. The highest BCUT2D eigenvalue weighted by Gasteiger charge is 2.16. The molecule has 1 saturated carbocycles. The number of benzene rings is 1. The lowest BCUT2D eigenvalue weighted by Gasteiger charge is -2.16. The lowest BCUT2D eigenvalue weighted by molar-refractivity contribution is 0.332. The average molecular weight is 377 g/mol. The zero-order chi connectivity index (χ0) is 13.0. The molecular formula is C14H19Br2NO. The monoisotopic (exact) mass is 375 g/mol. The van der Waals surface area contributed by atoms with E-state index in [1.54, 1.807) is 0 Å². The number of halogens is 2. The van der Waals surface area contributed by atoms with E-state index in [0.717, 1.165) is 21.2 Å². The maximum Gasteiger partial charge on any atom is 0.138 e. The normalized spacial score (nSPS) is 16.2. The van der Waals surface area contributed by atoms with Gasteiger partial charge in [0, 0.05) is 22.6 Å². The van der Waals surface area contributed by atoms with Crippen LogP contribution in [0, 0.1) is 0 Å². The minimum Gasteiger partial charge on any atom is -0.492 e. The summed E-state index contributed by atoms with van der Waals surface area (Å²) in [4.78, 5) is 0. The molecule has 2 nitrogen and oxygen atoms in total. The van der Waals surface area contributed by atoms with Crippen molar-refractivity contribution in [1.29, 1.82) is 0 Å². The second-order valence-electron chi connectivity index (χ2n) is 4.67. The van der Waals surface area contributed by atoms with Crippen LogP contribution in [0.3, 0.4) is 0 Å². The van der Waals surface area contributed by atoms with Crippen LogP contribution in [0.15, 0.2) is 21.1 Å². The number of hydrogen-bond acceptors (Lipinski definition) is 2. The van der Waals surface area contributed by atoms with Gasteiger partial charge in [0.1, 0.15) is 5.75 Å². The van der Waals surface area contributed by atoms with Crippen LogP contribution in [0.2, 0.25) is 0 Å². The first-order valence-electron chi connectivity index (χ1n) is 6.54. The third-order valence-corrected chi connectivity index (χ3v) is 4.36. The third-order valence-electron chi connectivity index (χ3n) is 3.31. The highest BCUT2D eigenvalue weighted by atomic mass is 79.9. The fourth-order valence-corrected chi connectivity index (χ4v) is 3.86. The zero-order valence-electron chi connectivity index (χ0n) is 10.6. The predicted molar refractivity (Wildman–Crippen MR) is 82.1 cm³/mol. The molecule has 100 valence electrons. The van der Waals surface area contributed by atoms with Gasteiger partial charge in [0.2, 0.25) is 0 Å². The smallest absolute Gasteiger partial charge is 0.138 e. The molecule has 0 radical (unpaired) electrons. The summed E-state index contributed by atoms with van der Waals surface area (Å²) in [6.45, 7) is 3.58. The Labute approximate surface area is 126 Å². The molecule has 4 heteroatoms. The van der Waals surface area contributed by atoms with Crippen molar-refractivity contribution in [1.82, 2.24) is 5.32 Å². The van der Waals surface area contributed by atoms with E-state index in [4.69, 9.17) is 4.74 Å². The maximum atomic E-state index is 5.73. The number of nitrogens with one attached hydrogen (secondary N) is 1. The van der Waals surface area contributed by atoms with Crippen LogP contribution < -0.4 is 10.1 Å². The van der Waals surface area contributed by atoms with Crippen molar-refractivity contribution in [3.05, 3.63) is 26.6 Å². The molecular weight excluding hydrogens is 358 g/mol. The van der Waals surface area contributed by atoms with Crippen molar-refractivity contribution in [3.63, 3.8) is 0 Å². The maximum absolute atomic E-state index is 5.73. The highest BCUT2D eigenvalue weighted by molar-refractivity contribution is 9.11. The van der Waals surface area contributed by atoms with Crippen molar-refractivity contribution >= 4 is 31.9 Å². The quantitative estimate of drug-likeness (QED) is 0.807. The van der Waals surface area contributed by atoms with E-state index < -0.39 is 0 Å². The van der Waals surface area contributed by atoms with Gasteiger partial charge in [-0.15, -0.1) is 0 Å². The molecule has 2 rings (SSSR count). The molecule has 1 aliphatic carbocycles. The number of ether oxygens (including phenoxy) is 1. The van der Waals surface area contributed by atoms with Crippen LogP contribution in [-0.2, 0) is 6.54 Å². The Kier molecular flexibility index (Phi) is 5.52. The molecule has 0 unspecified atom stereocenters. The van der Waals surface area contributed by atoms with Crippen LogP contribution >= 0.6 is 31.9 Å². The molecule has 0 heterocycles. The predicted octanol–water partition coefficient (Wildman–Crippen LogP) is 4.64. The van der Waals surface area contributed by atoms with Gasteiger partial charge in [-0.3, -0.25) is 0 Å². The molecule has 1 aliphatic rings. The lowest BCUT2D eigenvalue weighted by Crippen LogP contribution is -2.25. The minimum atomic E-state index is 0.678. The van der Waals surface area contributed by atoms with Gasteiger partial charge in [-0.2, -0.15) is 0 Å². The summed E-state index contributed by atoms with van der Waals surface area (Å²) < 4.78 is 7.83. The molecule has 1 fully saturated rings. The summed E-state index contributed by atoms with van der Waals surface area (Å²) in [5.41, 5.74) is 1.21. The molecule has 1 aromatic carbocycles. The van der Waals surface area contributed by atoms with E-state index >= 15 is 0 Å². The molecule has 0 saturated heterocycles. The summed E-state index contributed by atoms with van der Waals surface area (Å²) in [6.07, 6.45) is 5.33. The largest absolute Gasteiger partial charge is 0.492 e. The standard InChI is InChI=1S/C14H19Br2NO/c1-2-18-14-10(7-11(15)8-13(14)16)9-17-12-5-3-4-6-12/h7-8,12,17H,2-6,9H2,1H3. The molecule has 0 atom stereocenters. The van der Waals surface area contributed by atoms with Gasteiger partial charge >= 0.3 is 0 Å². The van der Waals surface area contributed by atoms with Crippen LogP contribution in [0.4, 0.5) is 0 Å². The average Bonchev–Trinajstić information content (AvgIpc) is 2.83. The zero-order valence-corrected chi connectivity index (χ0v) is 13.8. The summed E-state index contributed by atoms with van der Waals surface area (Å²) in [5.74, 6) is 0.964. The Hall–Kier alpha value is -0.0600. The number of rotatable bonds is 5. The van der Waals surface area contributed by atoms with E-state index in [2.05, 4.69) is 43.2 Å². The van der Waals surface area contributed by atoms with Crippen LogP contribution in [0.1, 0.15) is 38.2 Å². The lowest BCUT2D eigenvalue weighted by atomic mass is 10.1. The molecule has 0 spiro atoms. The first-order chi connectivity index (χ1) is 8.70. The van der Waals surface area contributed by atoms with Gasteiger partial charge in [0.15, 0.2) is 0 Å². The Morgan fingerprint density at radius 3 is 2.67 bits per heavy atom. The molecule has 1 aromatic rings. The van der Waals surface area contributed by atoms with Gasteiger partial charge in [0.25, 0.3) is 0 Å². The summed E-state index contributed by atoms with van der Waals surface area (Å²) in [5, 5.41) is 3.63. The highest BCUT2D eigenvalue weighted by Crippen LogP contribution is 2.33. The van der Waals surface area contributed by atoms with Gasteiger partial charge < -0.3 is 10.1 Å².